The number of oxime groups is 1. The number of nitrogens with zero attached hydrogens (tertiary/aromatic N) is 1. The fourth-order valence-electron chi connectivity index (χ4n) is 7.72. The van der Waals surface area contributed by atoms with Crippen LogP contribution in [0.5, 0.6) is 0 Å². The van der Waals surface area contributed by atoms with Gasteiger partial charge in [-0.05, 0) is 80.5 Å². The summed E-state index contributed by atoms with van der Waals surface area (Å²) in [5, 5.41) is 12.9. The standard InChI is InChI=1S/C23H35NO3/c1-14(24-26)19-7-8-20-18-6-5-16-13-17(27-15(2)25)9-11-22(16,3)21(18)10-12-23(19,20)4/h5,17-21,26H,6-13H2,1-4H3/b24-14-/t17-,18+,19-,20-,21+,22-,23+/m0/s1. The molecule has 4 aliphatic rings. The Balaban J connectivity index is 1.58. The van der Waals surface area contributed by atoms with E-state index in [-0.39, 0.29) is 22.9 Å². The van der Waals surface area contributed by atoms with Crippen molar-refractivity contribution in [2.24, 2.45) is 39.7 Å². The van der Waals surface area contributed by atoms with Crippen molar-refractivity contribution in [3.63, 3.8) is 0 Å². The molecule has 0 saturated heterocycles. The van der Waals surface area contributed by atoms with Crippen LogP contribution in [0.15, 0.2) is 16.8 Å². The van der Waals surface area contributed by atoms with E-state index in [1.165, 1.54) is 39.0 Å². The normalized spacial score (nSPS) is 46.7. The fraction of sp³-hybridized carbons (Fsp3) is 0.826. The smallest absolute Gasteiger partial charge is 0.302 e. The molecule has 27 heavy (non-hydrogen) atoms. The molecule has 0 aliphatic heterocycles. The van der Waals surface area contributed by atoms with Crippen LogP contribution in [0, 0.1) is 34.5 Å². The summed E-state index contributed by atoms with van der Waals surface area (Å²) in [7, 11) is 0. The van der Waals surface area contributed by atoms with Gasteiger partial charge in [0.1, 0.15) is 6.10 Å². The van der Waals surface area contributed by atoms with E-state index in [2.05, 4.69) is 25.1 Å². The van der Waals surface area contributed by atoms with Gasteiger partial charge in [0.05, 0.1) is 5.71 Å². The minimum atomic E-state index is -0.149. The third kappa shape index (κ3) is 2.86. The zero-order chi connectivity index (χ0) is 19.4. The number of carbonyl (C=O) groups is 1. The molecule has 4 heteroatoms. The Labute approximate surface area is 163 Å². The lowest BCUT2D eigenvalue weighted by Crippen LogP contribution is -2.51. The molecular formula is C23H35NO3. The molecular weight excluding hydrogens is 338 g/mol. The van der Waals surface area contributed by atoms with Crippen LogP contribution in [0.2, 0.25) is 0 Å². The van der Waals surface area contributed by atoms with Crippen molar-refractivity contribution >= 4 is 11.7 Å². The van der Waals surface area contributed by atoms with Gasteiger partial charge in [-0.1, -0.05) is 30.7 Å². The second kappa shape index (κ2) is 6.63. The first-order valence-electron chi connectivity index (χ1n) is 10.8. The van der Waals surface area contributed by atoms with Gasteiger partial charge in [0, 0.05) is 19.3 Å². The highest BCUT2D eigenvalue weighted by Gasteiger charge is 2.59. The summed E-state index contributed by atoms with van der Waals surface area (Å²) in [6.07, 6.45) is 11.8. The van der Waals surface area contributed by atoms with Gasteiger partial charge in [-0.3, -0.25) is 4.79 Å². The van der Waals surface area contributed by atoms with Gasteiger partial charge in [-0.2, -0.15) is 0 Å². The van der Waals surface area contributed by atoms with Crippen LogP contribution >= 0.6 is 0 Å². The van der Waals surface area contributed by atoms with Gasteiger partial charge in [0.15, 0.2) is 0 Å². The maximum atomic E-state index is 11.4. The predicted octanol–water partition coefficient (Wildman–Crippen LogP) is 5.35. The Morgan fingerprint density at radius 2 is 1.93 bits per heavy atom. The van der Waals surface area contributed by atoms with Gasteiger partial charge in [0.2, 0.25) is 0 Å². The van der Waals surface area contributed by atoms with Crippen molar-refractivity contribution in [2.45, 2.75) is 85.2 Å². The Bertz CT molecular complexity index is 683. The fourth-order valence-corrected chi connectivity index (χ4v) is 7.72. The summed E-state index contributed by atoms with van der Waals surface area (Å²) in [6, 6.07) is 0. The van der Waals surface area contributed by atoms with Gasteiger partial charge >= 0.3 is 5.97 Å². The number of fused-ring (bicyclic) bond motifs is 5. The van der Waals surface area contributed by atoms with Crippen LogP contribution in [0.4, 0.5) is 0 Å². The second-order valence-corrected chi connectivity index (χ2v) is 10.1. The van der Waals surface area contributed by atoms with Crippen LogP contribution in [0.25, 0.3) is 0 Å². The number of esters is 1. The van der Waals surface area contributed by atoms with Crippen LogP contribution in [-0.2, 0) is 9.53 Å². The lowest BCUT2D eigenvalue weighted by molar-refractivity contribution is -0.148. The molecule has 0 aromatic rings. The average molecular weight is 374 g/mol. The van der Waals surface area contributed by atoms with Crippen molar-refractivity contribution in [1.29, 1.82) is 0 Å². The lowest BCUT2D eigenvalue weighted by Gasteiger charge is -2.58. The Kier molecular flexibility index (Phi) is 4.67. The zero-order valence-corrected chi connectivity index (χ0v) is 17.3. The Morgan fingerprint density at radius 1 is 1.15 bits per heavy atom. The molecule has 1 N–H and O–H groups in total. The van der Waals surface area contributed by atoms with Crippen molar-refractivity contribution in [2.75, 3.05) is 0 Å². The lowest BCUT2D eigenvalue weighted by atomic mass is 9.47. The van der Waals surface area contributed by atoms with Crippen LogP contribution < -0.4 is 0 Å². The summed E-state index contributed by atoms with van der Waals surface area (Å²) >= 11 is 0. The molecule has 0 bridgehead atoms. The topological polar surface area (TPSA) is 58.9 Å². The first-order valence-corrected chi connectivity index (χ1v) is 10.8. The van der Waals surface area contributed by atoms with E-state index in [1.54, 1.807) is 5.57 Å². The van der Waals surface area contributed by atoms with E-state index >= 15 is 0 Å². The summed E-state index contributed by atoms with van der Waals surface area (Å²) in [4.78, 5) is 11.4. The highest BCUT2D eigenvalue weighted by atomic mass is 16.5. The molecule has 3 saturated carbocycles. The van der Waals surface area contributed by atoms with E-state index in [9.17, 15) is 10.0 Å². The third-order valence-electron chi connectivity index (χ3n) is 9.05. The number of rotatable bonds is 2. The molecule has 7 atom stereocenters. The maximum Gasteiger partial charge on any atom is 0.302 e. The molecule has 4 nitrogen and oxygen atoms in total. The molecule has 4 rings (SSSR count). The molecule has 0 radical (unpaired) electrons. The number of carbonyl (C=O) groups excluding carboxylic acids is 1. The molecule has 0 unspecified atom stereocenters. The number of hydrogen-bond donors (Lipinski definition) is 1. The quantitative estimate of drug-likeness (QED) is 0.233. The van der Waals surface area contributed by atoms with Crippen molar-refractivity contribution in [3.05, 3.63) is 11.6 Å². The van der Waals surface area contributed by atoms with E-state index in [1.807, 2.05) is 6.92 Å². The molecule has 3 fully saturated rings. The summed E-state index contributed by atoms with van der Waals surface area (Å²) in [6.45, 7) is 8.46. The Morgan fingerprint density at radius 3 is 2.63 bits per heavy atom. The average Bonchev–Trinajstić information content (AvgIpc) is 2.98. The van der Waals surface area contributed by atoms with Gasteiger partial charge in [-0.15, -0.1) is 0 Å². The zero-order valence-electron chi connectivity index (χ0n) is 17.3. The van der Waals surface area contributed by atoms with Gasteiger partial charge in [-0.25, -0.2) is 0 Å². The Hall–Kier alpha value is -1.32. The monoisotopic (exact) mass is 373 g/mol. The van der Waals surface area contributed by atoms with Crippen LogP contribution in [0.1, 0.15) is 79.1 Å². The highest BCUT2D eigenvalue weighted by Crippen LogP contribution is 2.66. The van der Waals surface area contributed by atoms with Crippen molar-refractivity contribution in [1.82, 2.24) is 0 Å². The van der Waals surface area contributed by atoms with E-state index in [4.69, 9.17) is 4.74 Å². The van der Waals surface area contributed by atoms with Crippen molar-refractivity contribution in [3.8, 4) is 0 Å². The van der Waals surface area contributed by atoms with E-state index in [0.29, 0.717) is 5.92 Å². The minimum absolute atomic E-state index is 0.0755. The SMILES string of the molecule is CC(=O)O[C@H]1CC[C@@]2(C)C(=CC[C@H]3[C@H]2CC[C@]2(C)[C@H](/C(C)=N\O)CC[C@@H]32)C1. The molecule has 0 heterocycles. The predicted molar refractivity (Wildman–Crippen MR) is 106 cm³/mol. The molecule has 0 amide bonds. The van der Waals surface area contributed by atoms with Gasteiger partial charge < -0.3 is 9.94 Å². The molecule has 0 aromatic heterocycles. The molecule has 0 aromatic carbocycles. The highest BCUT2D eigenvalue weighted by molar-refractivity contribution is 5.85. The van der Waals surface area contributed by atoms with Gasteiger partial charge in [0.25, 0.3) is 0 Å². The number of ether oxygens (including phenoxy) is 1. The number of allylic oxidation sites excluding steroid dienone is 1. The van der Waals surface area contributed by atoms with Crippen LogP contribution in [0.3, 0.4) is 0 Å². The summed E-state index contributed by atoms with van der Waals surface area (Å²) < 4.78 is 5.54. The molecule has 4 aliphatic carbocycles. The largest absolute Gasteiger partial charge is 0.462 e. The summed E-state index contributed by atoms with van der Waals surface area (Å²) in [5.74, 6) is 2.52. The van der Waals surface area contributed by atoms with E-state index < -0.39 is 0 Å². The first kappa shape index (κ1) is 19.0. The van der Waals surface area contributed by atoms with E-state index in [0.717, 1.165) is 42.7 Å². The van der Waals surface area contributed by atoms with Crippen molar-refractivity contribution < 1.29 is 14.7 Å². The maximum absolute atomic E-state index is 11.4. The van der Waals surface area contributed by atoms with Crippen LogP contribution in [-0.4, -0.2) is 23.0 Å². The number of hydrogen-bond acceptors (Lipinski definition) is 4. The summed E-state index contributed by atoms with van der Waals surface area (Å²) in [5.41, 5.74) is 3.04. The third-order valence-corrected chi connectivity index (χ3v) is 9.05. The second-order valence-electron chi connectivity index (χ2n) is 10.1. The minimum Gasteiger partial charge on any atom is -0.462 e. The molecule has 150 valence electrons. The molecule has 0 spiro atoms. The first-order chi connectivity index (χ1) is 12.8.